The Balaban J connectivity index is 2.42. The molecule has 1 aromatic carbocycles. The predicted molar refractivity (Wildman–Crippen MR) is 277 cm³/mol. The highest BCUT2D eigenvalue weighted by Crippen LogP contribution is 2.40. The number of unbranched alkanes of at least 4 members (excludes halogenated alkanes) is 42. The van der Waals surface area contributed by atoms with Gasteiger partial charge in [-0.25, -0.2) is 0 Å². The van der Waals surface area contributed by atoms with Crippen LogP contribution in [0.25, 0.3) is 0 Å². The number of hydrogen-bond acceptors (Lipinski definition) is 3. The van der Waals surface area contributed by atoms with Crippen molar-refractivity contribution < 1.29 is 14.2 Å². The van der Waals surface area contributed by atoms with E-state index in [0.29, 0.717) is 0 Å². The molecule has 1 rings (SSSR count). The third kappa shape index (κ3) is 39.0. The standard InChI is InChI=1S/C59H111O3/c1-5-9-12-15-18-21-24-27-30-33-36-39-42-45-48-51-60-57-54-56(8-4)55-58(61-52-49-46-43-40-37-34-31-28-25-22-19-16-13-10-6-2)59(57)62-53-50-47-44-41-38-35-32-29-26-23-20-17-14-11-7-3/h54-55H,4-53H2,1-3H3. The molecule has 0 saturated carbocycles. The molecule has 0 fully saturated rings. The van der Waals surface area contributed by atoms with E-state index in [1.807, 2.05) is 0 Å². The van der Waals surface area contributed by atoms with Gasteiger partial charge >= 0.3 is 0 Å². The van der Waals surface area contributed by atoms with Gasteiger partial charge in [0, 0.05) is 0 Å². The van der Waals surface area contributed by atoms with Gasteiger partial charge in [-0.15, -0.1) is 0 Å². The van der Waals surface area contributed by atoms with Gasteiger partial charge in [0.05, 0.1) is 19.8 Å². The SMILES string of the molecule is [CH2]Cc1cc(OCCCCCCCCCCCCCCCCC)c(OCCCCCCCCCCCCCCCCC)c(OCCCCCCCCCCCCCCCCC)c1. The van der Waals surface area contributed by atoms with E-state index in [1.54, 1.807) is 0 Å². The van der Waals surface area contributed by atoms with E-state index in [4.69, 9.17) is 14.2 Å². The maximum atomic E-state index is 6.57. The summed E-state index contributed by atoms with van der Waals surface area (Å²) in [4.78, 5) is 0. The largest absolute Gasteiger partial charge is 0.490 e. The maximum Gasteiger partial charge on any atom is 0.203 e. The summed E-state index contributed by atoms with van der Waals surface area (Å²) in [7, 11) is 0. The minimum absolute atomic E-state index is 0.726. The zero-order valence-electron chi connectivity index (χ0n) is 42.7. The highest BCUT2D eigenvalue weighted by molar-refractivity contribution is 5.54. The Morgan fingerprint density at radius 3 is 0.677 bits per heavy atom. The fourth-order valence-corrected chi connectivity index (χ4v) is 9.09. The first kappa shape index (κ1) is 58.6. The Morgan fingerprint density at radius 1 is 0.274 bits per heavy atom. The Kier molecular flexibility index (Phi) is 46.4. The van der Waals surface area contributed by atoms with Gasteiger partial charge in [-0.2, -0.15) is 0 Å². The van der Waals surface area contributed by atoms with Crippen LogP contribution < -0.4 is 14.2 Å². The van der Waals surface area contributed by atoms with Crippen molar-refractivity contribution in [3.63, 3.8) is 0 Å². The summed E-state index contributed by atoms with van der Waals surface area (Å²) in [5.74, 6) is 2.56. The van der Waals surface area contributed by atoms with Gasteiger partial charge in [0.2, 0.25) is 5.75 Å². The van der Waals surface area contributed by atoms with E-state index >= 15 is 0 Å². The van der Waals surface area contributed by atoms with E-state index < -0.39 is 0 Å². The molecule has 0 aliphatic carbocycles. The second-order valence-corrected chi connectivity index (χ2v) is 19.6. The molecule has 365 valence electrons. The van der Waals surface area contributed by atoms with Crippen LogP contribution in [0.5, 0.6) is 17.2 Å². The molecule has 1 aromatic rings. The average Bonchev–Trinajstić information content (AvgIpc) is 3.28. The molecule has 62 heavy (non-hydrogen) atoms. The molecule has 0 aliphatic heterocycles. The number of ether oxygens (including phenoxy) is 3. The summed E-state index contributed by atoms with van der Waals surface area (Å²) in [5, 5.41) is 0. The summed E-state index contributed by atoms with van der Waals surface area (Å²) in [5.41, 5.74) is 1.17. The van der Waals surface area contributed by atoms with Gasteiger partial charge in [0.25, 0.3) is 0 Å². The Hall–Kier alpha value is -1.38. The minimum Gasteiger partial charge on any atom is -0.490 e. The van der Waals surface area contributed by atoms with Crippen molar-refractivity contribution in [3.8, 4) is 17.2 Å². The van der Waals surface area contributed by atoms with Crippen LogP contribution in [0.2, 0.25) is 0 Å². The fraction of sp³-hybridized carbons (Fsp3) is 0.881. The highest BCUT2D eigenvalue weighted by atomic mass is 16.5. The van der Waals surface area contributed by atoms with Crippen LogP contribution in [-0.2, 0) is 6.42 Å². The molecular formula is C59H111O3. The normalized spacial score (nSPS) is 11.5. The van der Waals surface area contributed by atoms with Gasteiger partial charge in [-0.1, -0.05) is 290 Å². The van der Waals surface area contributed by atoms with E-state index in [9.17, 15) is 0 Å². The third-order valence-corrected chi connectivity index (χ3v) is 13.4. The lowest BCUT2D eigenvalue weighted by atomic mass is 10.0. The van der Waals surface area contributed by atoms with Crippen molar-refractivity contribution in [2.75, 3.05) is 19.8 Å². The molecule has 0 amide bonds. The van der Waals surface area contributed by atoms with Crippen LogP contribution >= 0.6 is 0 Å². The molecule has 3 heteroatoms. The zero-order chi connectivity index (χ0) is 44.5. The van der Waals surface area contributed by atoms with Gasteiger partial charge in [0.15, 0.2) is 11.5 Å². The Morgan fingerprint density at radius 2 is 0.468 bits per heavy atom. The van der Waals surface area contributed by atoms with Crippen LogP contribution in [0.1, 0.15) is 315 Å². The number of rotatable bonds is 52. The molecule has 1 radical (unpaired) electrons. The van der Waals surface area contributed by atoms with Crippen molar-refractivity contribution in [2.45, 2.75) is 316 Å². The monoisotopic (exact) mass is 868 g/mol. The van der Waals surface area contributed by atoms with Crippen molar-refractivity contribution in [2.24, 2.45) is 0 Å². The second-order valence-electron chi connectivity index (χ2n) is 19.6. The maximum absolute atomic E-state index is 6.57. The molecule has 0 unspecified atom stereocenters. The summed E-state index contributed by atoms with van der Waals surface area (Å²) >= 11 is 0. The third-order valence-electron chi connectivity index (χ3n) is 13.4. The van der Waals surface area contributed by atoms with Gasteiger partial charge in [-0.05, 0) is 50.3 Å². The first-order valence-corrected chi connectivity index (χ1v) is 28.6. The fourth-order valence-electron chi connectivity index (χ4n) is 9.09. The van der Waals surface area contributed by atoms with E-state index in [1.165, 1.54) is 275 Å². The van der Waals surface area contributed by atoms with E-state index in [0.717, 1.165) is 62.8 Å². The van der Waals surface area contributed by atoms with Crippen LogP contribution in [-0.4, -0.2) is 19.8 Å². The number of hydrogen-bond donors (Lipinski definition) is 0. The molecule has 0 atom stereocenters. The molecule has 0 saturated heterocycles. The van der Waals surface area contributed by atoms with Gasteiger partial charge in [0.1, 0.15) is 0 Å². The van der Waals surface area contributed by atoms with Gasteiger partial charge < -0.3 is 14.2 Å². The molecule has 0 spiro atoms. The second kappa shape index (κ2) is 49.1. The van der Waals surface area contributed by atoms with E-state index in [2.05, 4.69) is 39.8 Å². The summed E-state index contributed by atoms with van der Waals surface area (Å²) in [6.07, 6.45) is 62.7. The number of benzene rings is 1. The Labute approximate surface area is 390 Å². The molecule has 0 N–H and O–H groups in total. The highest BCUT2D eigenvalue weighted by Gasteiger charge is 2.16. The first-order chi connectivity index (χ1) is 30.8. The van der Waals surface area contributed by atoms with Crippen molar-refractivity contribution in [1.29, 1.82) is 0 Å². The van der Waals surface area contributed by atoms with Crippen molar-refractivity contribution in [1.82, 2.24) is 0 Å². The van der Waals surface area contributed by atoms with Crippen LogP contribution in [0.3, 0.4) is 0 Å². The predicted octanol–water partition coefficient (Wildman–Crippen LogP) is 20.8. The summed E-state index contributed by atoms with van der Waals surface area (Å²) in [6, 6.07) is 4.33. The molecular weight excluding hydrogens is 757 g/mol. The summed E-state index contributed by atoms with van der Waals surface area (Å²) < 4.78 is 19.6. The molecule has 0 bridgehead atoms. The molecule has 0 heterocycles. The van der Waals surface area contributed by atoms with Gasteiger partial charge in [-0.3, -0.25) is 0 Å². The van der Waals surface area contributed by atoms with Crippen LogP contribution in [0.15, 0.2) is 12.1 Å². The zero-order valence-corrected chi connectivity index (χ0v) is 42.7. The van der Waals surface area contributed by atoms with Crippen LogP contribution in [0.4, 0.5) is 0 Å². The topological polar surface area (TPSA) is 27.7 Å². The lowest BCUT2D eigenvalue weighted by Crippen LogP contribution is -2.07. The quantitative estimate of drug-likeness (QED) is 0.0611. The molecule has 0 aromatic heterocycles. The molecule has 0 aliphatic rings. The van der Waals surface area contributed by atoms with E-state index in [-0.39, 0.29) is 0 Å². The first-order valence-electron chi connectivity index (χ1n) is 28.6. The van der Waals surface area contributed by atoms with Crippen molar-refractivity contribution in [3.05, 3.63) is 24.6 Å². The Bertz CT molecular complexity index is 948. The molecule has 3 nitrogen and oxygen atoms in total. The average molecular weight is 869 g/mol. The lowest BCUT2D eigenvalue weighted by molar-refractivity contribution is 0.234. The smallest absolute Gasteiger partial charge is 0.203 e. The minimum atomic E-state index is 0.726. The van der Waals surface area contributed by atoms with Crippen LogP contribution in [0, 0.1) is 6.92 Å². The summed E-state index contributed by atoms with van der Waals surface area (Å²) in [6.45, 7) is 13.4. The lowest BCUT2D eigenvalue weighted by Gasteiger charge is -2.19. The van der Waals surface area contributed by atoms with Crippen molar-refractivity contribution >= 4 is 0 Å².